The van der Waals surface area contributed by atoms with E-state index in [4.69, 9.17) is 0 Å². The summed E-state index contributed by atoms with van der Waals surface area (Å²) < 4.78 is 0. The Balaban J connectivity index is 1.70. The molecule has 3 amide bonds. The molecule has 4 rings (SSSR count). The van der Waals surface area contributed by atoms with Gasteiger partial charge in [0.25, 0.3) is 17.7 Å². The fourth-order valence-corrected chi connectivity index (χ4v) is 3.68. The second kappa shape index (κ2) is 11.5. The van der Waals surface area contributed by atoms with E-state index in [0.717, 1.165) is 0 Å². The molecule has 0 aliphatic heterocycles. The third-order valence-corrected chi connectivity index (χ3v) is 5.54. The van der Waals surface area contributed by atoms with Crippen molar-refractivity contribution in [2.45, 2.75) is 0 Å². The summed E-state index contributed by atoms with van der Waals surface area (Å²) in [6.45, 7) is 0. The molecule has 10 nitrogen and oxygen atoms in total. The van der Waals surface area contributed by atoms with Crippen LogP contribution in [0, 0.1) is 0 Å². The monoisotopic (exact) mass is 521 g/mol. The number of carbonyl (C=O) groups excluding carboxylic acids is 5. The van der Waals surface area contributed by atoms with Crippen LogP contribution in [0.5, 0.6) is 0 Å². The summed E-state index contributed by atoms with van der Waals surface area (Å²) in [7, 11) is 0. The van der Waals surface area contributed by atoms with E-state index < -0.39 is 29.7 Å². The Labute approximate surface area is 221 Å². The molecule has 0 saturated carbocycles. The zero-order valence-electron chi connectivity index (χ0n) is 20.1. The molecule has 4 aromatic rings. The first-order chi connectivity index (χ1) is 18.7. The number of carboxylic acids is 2. The summed E-state index contributed by atoms with van der Waals surface area (Å²) in [6, 6.07) is 23.3. The van der Waals surface area contributed by atoms with Gasteiger partial charge >= 0.3 is 0 Å². The second-order valence-corrected chi connectivity index (χ2v) is 8.19. The van der Waals surface area contributed by atoms with Crippen molar-refractivity contribution in [2.24, 2.45) is 0 Å². The predicted molar refractivity (Wildman–Crippen MR) is 138 cm³/mol. The summed E-state index contributed by atoms with van der Waals surface area (Å²) in [5.41, 5.74) is -0.343. The van der Waals surface area contributed by atoms with Gasteiger partial charge in [-0.15, -0.1) is 0 Å². The Morgan fingerprint density at radius 3 is 1.33 bits per heavy atom. The van der Waals surface area contributed by atoms with E-state index >= 15 is 0 Å². The Morgan fingerprint density at radius 1 is 0.462 bits per heavy atom. The van der Waals surface area contributed by atoms with Crippen molar-refractivity contribution in [1.29, 1.82) is 0 Å². The van der Waals surface area contributed by atoms with Gasteiger partial charge in [0.05, 0.1) is 23.3 Å². The molecule has 0 atom stereocenters. The molecule has 0 saturated heterocycles. The van der Waals surface area contributed by atoms with Crippen LogP contribution in [0.25, 0.3) is 0 Å². The Hall–Kier alpha value is -5.77. The van der Waals surface area contributed by atoms with Gasteiger partial charge in [-0.2, -0.15) is 0 Å². The Kier molecular flexibility index (Phi) is 7.77. The molecular formula is C29H19N3O7-2. The smallest absolute Gasteiger partial charge is 0.255 e. The number of aromatic carboxylic acids is 2. The van der Waals surface area contributed by atoms with Crippen molar-refractivity contribution in [3.8, 4) is 0 Å². The van der Waals surface area contributed by atoms with Gasteiger partial charge < -0.3 is 35.8 Å². The van der Waals surface area contributed by atoms with Crippen LogP contribution in [0.3, 0.4) is 0 Å². The van der Waals surface area contributed by atoms with Gasteiger partial charge in [-0.3, -0.25) is 14.4 Å². The van der Waals surface area contributed by atoms with Crippen molar-refractivity contribution in [3.05, 3.63) is 125 Å². The lowest BCUT2D eigenvalue weighted by atomic mass is 10.1. The molecule has 0 radical (unpaired) electrons. The van der Waals surface area contributed by atoms with Gasteiger partial charge in [0.15, 0.2) is 0 Å². The number of rotatable bonds is 8. The fourth-order valence-electron chi connectivity index (χ4n) is 3.68. The van der Waals surface area contributed by atoms with Crippen molar-refractivity contribution in [2.75, 3.05) is 16.0 Å². The fraction of sp³-hybridized carbons (Fsp3) is 0. The normalized spacial score (nSPS) is 10.3. The molecule has 0 spiro atoms. The van der Waals surface area contributed by atoms with E-state index in [2.05, 4.69) is 16.0 Å². The number of nitrogens with one attached hydrogen (secondary N) is 3. The van der Waals surface area contributed by atoms with Crippen molar-refractivity contribution >= 4 is 46.7 Å². The molecule has 0 unspecified atom stereocenters. The van der Waals surface area contributed by atoms with Gasteiger partial charge in [-0.1, -0.05) is 54.6 Å². The minimum Gasteiger partial charge on any atom is -0.545 e. The van der Waals surface area contributed by atoms with Crippen LogP contribution in [-0.2, 0) is 0 Å². The molecule has 0 aliphatic carbocycles. The minimum absolute atomic E-state index is 0.0323. The van der Waals surface area contributed by atoms with E-state index in [-0.39, 0.29) is 39.3 Å². The minimum atomic E-state index is -1.50. The average Bonchev–Trinajstić information content (AvgIpc) is 2.93. The number of hydrogen-bond acceptors (Lipinski definition) is 7. The molecular weight excluding hydrogens is 502 g/mol. The molecule has 3 N–H and O–H groups in total. The lowest BCUT2D eigenvalue weighted by molar-refractivity contribution is -0.256. The number of anilines is 3. The highest BCUT2D eigenvalue weighted by Crippen LogP contribution is 2.22. The van der Waals surface area contributed by atoms with E-state index in [1.807, 2.05) is 0 Å². The molecule has 0 aliphatic rings. The van der Waals surface area contributed by atoms with Gasteiger partial charge in [-0.25, -0.2) is 0 Å². The van der Waals surface area contributed by atoms with Crippen molar-refractivity contribution in [3.63, 3.8) is 0 Å². The molecule has 10 heteroatoms. The third kappa shape index (κ3) is 6.33. The maximum atomic E-state index is 13.1. The van der Waals surface area contributed by atoms with Gasteiger partial charge in [0.1, 0.15) is 0 Å². The first-order valence-electron chi connectivity index (χ1n) is 11.5. The summed E-state index contributed by atoms with van der Waals surface area (Å²) in [4.78, 5) is 61.8. The van der Waals surface area contributed by atoms with Crippen LogP contribution in [0.4, 0.5) is 17.1 Å². The van der Waals surface area contributed by atoms with Crippen LogP contribution in [0.15, 0.2) is 97.1 Å². The highest BCUT2D eigenvalue weighted by molar-refractivity contribution is 6.13. The zero-order valence-corrected chi connectivity index (χ0v) is 20.1. The molecule has 0 heterocycles. The summed E-state index contributed by atoms with van der Waals surface area (Å²) in [6.07, 6.45) is 0. The molecule has 0 fully saturated rings. The van der Waals surface area contributed by atoms with E-state index in [9.17, 15) is 34.2 Å². The highest BCUT2D eigenvalue weighted by Gasteiger charge is 2.17. The molecule has 4 aromatic carbocycles. The van der Waals surface area contributed by atoms with Crippen molar-refractivity contribution < 1.29 is 34.2 Å². The summed E-state index contributed by atoms with van der Waals surface area (Å²) in [5, 5.41) is 30.4. The summed E-state index contributed by atoms with van der Waals surface area (Å²) in [5.74, 6) is -5.06. The van der Waals surface area contributed by atoms with E-state index in [1.54, 1.807) is 30.3 Å². The molecule has 39 heavy (non-hydrogen) atoms. The average molecular weight is 521 g/mol. The number of carbonyl (C=O) groups is 5. The van der Waals surface area contributed by atoms with Crippen LogP contribution in [0.1, 0.15) is 51.8 Å². The van der Waals surface area contributed by atoms with Gasteiger partial charge in [-0.05, 0) is 42.5 Å². The summed E-state index contributed by atoms with van der Waals surface area (Å²) >= 11 is 0. The van der Waals surface area contributed by atoms with Crippen LogP contribution >= 0.6 is 0 Å². The molecule has 0 aromatic heterocycles. The Morgan fingerprint density at radius 2 is 0.872 bits per heavy atom. The number of carboxylic acid groups (broad SMARTS) is 2. The van der Waals surface area contributed by atoms with Crippen molar-refractivity contribution in [1.82, 2.24) is 0 Å². The van der Waals surface area contributed by atoms with E-state index in [1.165, 1.54) is 66.7 Å². The maximum Gasteiger partial charge on any atom is 0.255 e. The molecule has 0 bridgehead atoms. The van der Waals surface area contributed by atoms with E-state index in [0.29, 0.717) is 5.56 Å². The Bertz CT molecular complexity index is 1510. The number of amides is 3. The number of benzene rings is 4. The first kappa shape index (κ1) is 26.3. The maximum absolute atomic E-state index is 13.1. The number of para-hydroxylation sites is 2. The topological polar surface area (TPSA) is 168 Å². The molecule has 194 valence electrons. The van der Waals surface area contributed by atoms with Crippen LogP contribution < -0.4 is 26.2 Å². The zero-order chi connectivity index (χ0) is 27.9. The SMILES string of the molecule is O=C(Nc1cc(C(=O)Nc2ccccc2C(=O)[O-])cc(C(=O)Nc2ccccc2C(=O)[O-])c1)c1ccccc1. The lowest BCUT2D eigenvalue weighted by Crippen LogP contribution is -2.25. The highest BCUT2D eigenvalue weighted by atomic mass is 16.4. The first-order valence-corrected chi connectivity index (χ1v) is 11.5. The van der Waals surface area contributed by atoms with Gasteiger partial charge in [0.2, 0.25) is 0 Å². The standard InChI is InChI=1S/C29H21N3O7/c33-25(17-8-2-1-3-9-17)30-20-15-18(26(34)31-23-12-6-4-10-21(23)28(36)37)14-19(16-20)27(35)32-24-13-7-5-11-22(24)29(38)39/h1-16H,(H,30,33)(H,31,34)(H,32,35)(H,36,37)(H,38,39)/p-2. The van der Waals surface area contributed by atoms with Crippen LogP contribution in [0.2, 0.25) is 0 Å². The number of hydrogen-bond donors (Lipinski definition) is 3. The largest absolute Gasteiger partial charge is 0.545 e. The second-order valence-electron chi connectivity index (χ2n) is 8.19. The van der Waals surface area contributed by atoms with Crippen LogP contribution in [-0.4, -0.2) is 29.7 Å². The third-order valence-electron chi connectivity index (χ3n) is 5.54. The predicted octanol–water partition coefficient (Wildman–Crippen LogP) is 2.17. The quantitative estimate of drug-likeness (QED) is 0.319. The van der Waals surface area contributed by atoms with Gasteiger partial charge in [0, 0.05) is 33.5 Å². The lowest BCUT2D eigenvalue weighted by Gasteiger charge is -2.15.